The number of hydrogen-bond acceptors (Lipinski definition) is 5. The molecule has 1 aromatic heterocycles. The summed E-state index contributed by atoms with van der Waals surface area (Å²) in [6, 6.07) is 11.9. The van der Waals surface area contributed by atoms with Crippen molar-refractivity contribution in [2.75, 3.05) is 12.4 Å². The Labute approximate surface area is 160 Å². The first kappa shape index (κ1) is 19.2. The summed E-state index contributed by atoms with van der Waals surface area (Å²) in [5.74, 6) is -1.19. The summed E-state index contributed by atoms with van der Waals surface area (Å²) in [4.78, 5) is 20.8. The first-order valence-corrected chi connectivity index (χ1v) is 8.44. The summed E-state index contributed by atoms with van der Waals surface area (Å²) in [6.07, 6.45) is 0. The van der Waals surface area contributed by atoms with Gasteiger partial charge in [-0.25, -0.2) is 18.7 Å². The fourth-order valence-electron chi connectivity index (χ4n) is 2.57. The summed E-state index contributed by atoms with van der Waals surface area (Å²) in [5.41, 5.74) is 1.46. The summed E-state index contributed by atoms with van der Waals surface area (Å²) in [5, 5.41) is 5.43. The van der Waals surface area contributed by atoms with Crippen molar-refractivity contribution in [2.24, 2.45) is 0 Å². The second kappa shape index (κ2) is 8.43. The molecule has 0 aliphatic rings. The number of para-hydroxylation sites is 1. The van der Waals surface area contributed by atoms with Crippen LogP contribution in [0, 0.1) is 18.6 Å². The van der Waals surface area contributed by atoms with E-state index < -0.39 is 17.5 Å². The lowest BCUT2D eigenvalue weighted by atomic mass is 10.2. The summed E-state index contributed by atoms with van der Waals surface area (Å²) in [7, 11) is 1.56. The Bertz CT molecular complexity index is 1010. The van der Waals surface area contributed by atoms with Gasteiger partial charge in [0.2, 0.25) is 5.95 Å². The van der Waals surface area contributed by atoms with Crippen LogP contribution in [0.1, 0.15) is 21.7 Å². The highest BCUT2D eigenvalue weighted by atomic mass is 19.1. The fourth-order valence-corrected chi connectivity index (χ4v) is 2.57. The van der Waals surface area contributed by atoms with Gasteiger partial charge in [-0.2, -0.15) is 0 Å². The van der Waals surface area contributed by atoms with Gasteiger partial charge in [0.1, 0.15) is 23.1 Å². The van der Waals surface area contributed by atoms with Gasteiger partial charge in [0.15, 0.2) is 0 Å². The van der Waals surface area contributed by atoms with Crippen LogP contribution in [0.4, 0.5) is 20.4 Å². The molecule has 2 N–H and O–H groups in total. The number of rotatable bonds is 6. The minimum Gasteiger partial charge on any atom is -0.496 e. The van der Waals surface area contributed by atoms with Gasteiger partial charge in [0.05, 0.1) is 12.8 Å². The topological polar surface area (TPSA) is 76.1 Å². The van der Waals surface area contributed by atoms with E-state index >= 15 is 0 Å². The number of halogens is 2. The quantitative estimate of drug-likeness (QED) is 0.677. The number of carbonyl (C=O) groups excluding carboxylic acids is 1. The summed E-state index contributed by atoms with van der Waals surface area (Å²) < 4.78 is 32.1. The second-order valence-electron chi connectivity index (χ2n) is 5.96. The van der Waals surface area contributed by atoms with Crippen molar-refractivity contribution >= 4 is 17.5 Å². The largest absolute Gasteiger partial charge is 0.496 e. The third-order valence-electron chi connectivity index (χ3n) is 3.90. The molecule has 28 heavy (non-hydrogen) atoms. The smallest absolute Gasteiger partial charge is 0.270 e. The molecule has 0 fully saturated rings. The molecule has 2 aromatic carbocycles. The molecule has 1 heterocycles. The minimum absolute atomic E-state index is 0.00683. The molecule has 3 aromatic rings. The highest BCUT2D eigenvalue weighted by Gasteiger charge is 2.13. The van der Waals surface area contributed by atoms with Crippen LogP contribution >= 0.6 is 0 Å². The van der Waals surface area contributed by atoms with Crippen molar-refractivity contribution in [1.29, 1.82) is 0 Å². The van der Waals surface area contributed by atoms with Crippen molar-refractivity contribution in [3.8, 4) is 5.75 Å². The van der Waals surface area contributed by atoms with Crippen molar-refractivity contribution in [3.05, 3.63) is 77.1 Å². The van der Waals surface area contributed by atoms with E-state index in [1.165, 1.54) is 12.1 Å². The predicted octanol–water partition coefficient (Wildman–Crippen LogP) is 3.75. The van der Waals surface area contributed by atoms with E-state index in [2.05, 4.69) is 20.6 Å². The number of hydrogen-bond donors (Lipinski definition) is 2. The van der Waals surface area contributed by atoms with Crippen LogP contribution < -0.4 is 15.4 Å². The molecule has 3 rings (SSSR count). The number of nitrogens with zero attached hydrogens (tertiary/aromatic N) is 2. The lowest BCUT2D eigenvalue weighted by Crippen LogP contribution is -2.24. The van der Waals surface area contributed by atoms with Gasteiger partial charge in [-0.3, -0.25) is 4.79 Å². The maximum atomic E-state index is 13.8. The van der Waals surface area contributed by atoms with Gasteiger partial charge in [0, 0.05) is 23.9 Å². The van der Waals surface area contributed by atoms with E-state index in [9.17, 15) is 13.6 Å². The van der Waals surface area contributed by atoms with Gasteiger partial charge in [-0.1, -0.05) is 18.2 Å². The van der Waals surface area contributed by atoms with E-state index in [4.69, 9.17) is 4.74 Å². The Hall–Kier alpha value is -3.55. The molecule has 0 spiro atoms. The van der Waals surface area contributed by atoms with E-state index in [1.54, 1.807) is 20.1 Å². The van der Waals surface area contributed by atoms with E-state index in [0.717, 1.165) is 17.7 Å². The second-order valence-corrected chi connectivity index (χ2v) is 5.96. The molecule has 144 valence electrons. The summed E-state index contributed by atoms with van der Waals surface area (Å²) in [6.45, 7) is 1.94. The Balaban J connectivity index is 1.76. The molecule has 1 amide bonds. The van der Waals surface area contributed by atoms with Gasteiger partial charge in [-0.15, -0.1) is 0 Å². The van der Waals surface area contributed by atoms with E-state index in [0.29, 0.717) is 11.4 Å². The molecule has 0 saturated heterocycles. The van der Waals surface area contributed by atoms with Crippen LogP contribution in [-0.2, 0) is 6.54 Å². The van der Waals surface area contributed by atoms with Crippen molar-refractivity contribution in [3.63, 3.8) is 0 Å². The number of aryl methyl sites for hydroxylation is 1. The number of nitrogens with one attached hydrogen (secondary N) is 2. The molecule has 0 atom stereocenters. The number of amides is 1. The SMILES string of the molecule is COc1ccccc1CNC(=O)c1cc(C)nc(Nc2ccc(F)cc2F)n1. The molecule has 0 radical (unpaired) electrons. The lowest BCUT2D eigenvalue weighted by molar-refractivity contribution is 0.0945. The number of methoxy groups -OCH3 is 1. The van der Waals surface area contributed by atoms with Gasteiger partial charge < -0.3 is 15.4 Å². The Kier molecular flexibility index (Phi) is 5.78. The number of aromatic nitrogens is 2. The molecule has 0 aliphatic heterocycles. The Morgan fingerprint density at radius 3 is 2.64 bits per heavy atom. The zero-order valence-electron chi connectivity index (χ0n) is 15.3. The predicted molar refractivity (Wildman–Crippen MR) is 101 cm³/mol. The average Bonchev–Trinajstić information content (AvgIpc) is 2.68. The molecule has 0 bridgehead atoms. The van der Waals surface area contributed by atoms with Crippen molar-refractivity contribution in [1.82, 2.24) is 15.3 Å². The number of carbonyl (C=O) groups is 1. The molecule has 6 nitrogen and oxygen atoms in total. The molecule has 0 unspecified atom stereocenters. The van der Waals surface area contributed by atoms with Crippen LogP contribution in [0.25, 0.3) is 0 Å². The van der Waals surface area contributed by atoms with Gasteiger partial charge >= 0.3 is 0 Å². The van der Waals surface area contributed by atoms with Crippen LogP contribution in [0.3, 0.4) is 0 Å². The molecular weight excluding hydrogens is 366 g/mol. The number of anilines is 2. The zero-order valence-corrected chi connectivity index (χ0v) is 15.3. The first-order valence-electron chi connectivity index (χ1n) is 8.44. The zero-order chi connectivity index (χ0) is 20.1. The minimum atomic E-state index is -0.785. The first-order chi connectivity index (χ1) is 13.5. The molecular formula is C20H18F2N4O2. The van der Waals surface area contributed by atoms with Crippen LogP contribution in [0.15, 0.2) is 48.5 Å². The highest BCUT2D eigenvalue weighted by Crippen LogP contribution is 2.19. The van der Waals surface area contributed by atoms with Crippen LogP contribution in [-0.4, -0.2) is 23.0 Å². The third kappa shape index (κ3) is 4.59. The van der Waals surface area contributed by atoms with E-state index in [1.807, 2.05) is 18.2 Å². The standard InChI is InChI=1S/C20H18F2N4O2/c1-12-9-17(19(27)23-11-13-5-3-4-6-18(13)28-2)26-20(24-12)25-16-8-7-14(21)10-15(16)22/h3-10H,11H2,1-2H3,(H,23,27)(H,24,25,26). The van der Waals surface area contributed by atoms with Crippen LogP contribution in [0.5, 0.6) is 5.75 Å². The average molecular weight is 384 g/mol. The monoisotopic (exact) mass is 384 g/mol. The number of ether oxygens (including phenoxy) is 1. The Morgan fingerprint density at radius 1 is 1.11 bits per heavy atom. The molecule has 0 saturated carbocycles. The third-order valence-corrected chi connectivity index (χ3v) is 3.90. The lowest BCUT2D eigenvalue weighted by Gasteiger charge is -2.11. The number of benzene rings is 2. The Morgan fingerprint density at radius 2 is 1.89 bits per heavy atom. The van der Waals surface area contributed by atoms with Crippen LogP contribution in [0.2, 0.25) is 0 Å². The van der Waals surface area contributed by atoms with Crippen molar-refractivity contribution in [2.45, 2.75) is 13.5 Å². The maximum Gasteiger partial charge on any atom is 0.270 e. The maximum absolute atomic E-state index is 13.8. The molecule has 0 aliphatic carbocycles. The fraction of sp³-hybridized carbons (Fsp3) is 0.150. The van der Waals surface area contributed by atoms with Gasteiger partial charge in [0.25, 0.3) is 5.91 Å². The van der Waals surface area contributed by atoms with Gasteiger partial charge in [-0.05, 0) is 31.2 Å². The highest BCUT2D eigenvalue weighted by molar-refractivity contribution is 5.92. The summed E-state index contributed by atoms with van der Waals surface area (Å²) >= 11 is 0. The molecule has 8 heteroatoms. The normalized spacial score (nSPS) is 10.4. The van der Waals surface area contributed by atoms with Crippen molar-refractivity contribution < 1.29 is 18.3 Å². The van der Waals surface area contributed by atoms with E-state index in [-0.39, 0.29) is 23.9 Å².